The normalized spacial score (nSPS) is 15.1. The highest BCUT2D eigenvalue weighted by Crippen LogP contribution is 2.26. The first kappa shape index (κ1) is 25.6. The molecule has 13 heteroatoms. The molecule has 10 nitrogen and oxygen atoms in total. The number of alkyl halides is 3. The van der Waals surface area contributed by atoms with Crippen LogP contribution in [0.5, 0.6) is 0 Å². The number of aliphatic carboxylic acids is 2. The molecular formula is C20H23F3N4O6. The average Bonchev–Trinajstić information content (AvgIpc) is 3.07. The van der Waals surface area contributed by atoms with E-state index in [2.05, 4.69) is 15.6 Å². The molecule has 33 heavy (non-hydrogen) atoms. The zero-order valence-corrected chi connectivity index (χ0v) is 17.4. The van der Waals surface area contributed by atoms with Crippen molar-refractivity contribution in [3.05, 3.63) is 24.3 Å². The van der Waals surface area contributed by atoms with Crippen LogP contribution in [0.15, 0.2) is 24.3 Å². The zero-order valence-electron chi connectivity index (χ0n) is 17.4. The van der Waals surface area contributed by atoms with Crippen LogP contribution in [0.2, 0.25) is 0 Å². The summed E-state index contributed by atoms with van der Waals surface area (Å²) in [6.07, 6.45) is -2.73. The number of hydrogen-bond acceptors (Lipinski definition) is 5. The van der Waals surface area contributed by atoms with Crippen molar-refractivity contribution in [2.24, 2.45) is 5.92 Å². The molecule has 4 N–H and O–H groups in total. The predicted molar refractivity (Wildman–Crippen MR) is 109 cm³/mol. The van der Waals surface area contributed by atoms with E-state index in [4.69, 9.17) is 15.0 Å². The molecule has 1 aliphatic heterocycles. The molecule has 0 aliphatic carbocycles. The molecule has 180 valence electrons. The molecule has 0 spiro atoms. The highest BCUT2D eigenvalue weighted by Gasteiger charge is 2.38. The maximum Gasteiger partial charge on any atom is 0.490 e. The van der Waals surface area contributed by atoms with E-state index in [1.807, 2.05) is 28.8 Å². The maximum absolute atomic E-state index is 12.2. The third kappa shape index (κ3) is 7.77. The van der Waals surface area contributed by atoms with E-state index < -0.39 is 24.0 Å². The van der Waals surface area contributed by atoms with E-state index in [-0.39, 0.29) is 24.7 Å². The Labute approximate surface area is 185 Å². The Kier molecular flexibility index (Phi) is 8.77. The van der Waals surface area contributed by atoms with Crippen molar-refractivity contribution in [3.8, 4) is 0 Å². The van der Waals surface area contributed by atoms with Crippen LogP contribution in [0.1, 0.15) is 32.1 Å². The monoisotopic (exact) mass is 472 g/mol. The minimum atomic E-state index is -5.08. The third-order valence-corrected chi connectivity index (χ3v) is 4.73. The fourth-order valence-electron chi connectivity index (χ4n) is 3.13. The quantitative estimate of drug-likeness (QED) is 0.431. The van der Waals surface area contributed by atoms with E-state index in [1.54, 1.807) is 0 Å². The molecule has 0 saturated heterocycles. The number of unbranched alkanes of at least 4 members (excludes halogenated alkanes) is 2. The average molecular weight is 472 g/mol. The lowest BCUT2D eigenvalue weighted by Crippen LogP contribution is -2.37. The summed E-state index contributed by atoms with van der Waals surface area (Å²) in [6, 6.07) is 7.64. The summed E-state index contributed by atoms with van der Waals surface area (Å²) in [5.74, 6) is -3.84. The molecule has 2 aromatic rings. The first-order valence-electron chi connectivity index (χ1n) is 10.0. The highest BCUT2D eigenvalue weighted by molar-refractivity contribution is 5.97. The Balaban J connectivity index is 0.000000479. The minimum Gasteiger partial charge on any atom is -0.481 e. The number of fused-ring (bicyclic) bond motifs is 3. The number of benzene rings is 1. The number of carbonyl (C=O) groups excluding carboxylic acids is 2. The molecule has 1 aromatic heterocycles. The fraction of sp³-hybridized carbons (Fsp3) is 0.450. The second kappa shape index (κ2) is 11.3. The molecule has 0 fully saturated rings. The van der Waals surface area contributed by atoms with Gasteiger partial charge < -0.3 is 20.1 Å². The SMILES string of the molecule is O=C(O)C(F)(F)F.O=C(O)CCCCCNC(=O)CC1Cn2c(nc3ccccc32)NC1=O. The van der Waals surface area contributed by atoms with Crippen LogP contribution in [0.4, 0.5) is 19.1 Å². The number of para-hydroxylation sites is 2. The number of aromatic nitrogens is 2. The number of nitrogens with one attached hydrogen (secondary N) is 2. The molecule has 0 radical (unpaired) electrons. The highest BCUT2D eigenvalue weighted by atomic mass is 19.4. The Morgan fingerprint density at radius 1 is 1.15 bits per heavy atom. The number of halogens is 3. The van der Waals surface area contributed by atoms with Gasteiger partial charge in [0.15, 0.2) is 0 Å². The van der Waals surface area contributed by atoms with Crippen molar-refractivity contribution in [2.45, 2.75) is 44.8 Å². The van der Waals surface area contributed by atoms with Gasteiger partial charge in [-0.3, -0.25) is 19.7 Å². The number of nitrogens with zero attached hydrogens (tertiary/aromatic N) is 2. The molecule has 1 aromatic carbocycles. The second-order valence-corrected chi connectivity index (χ2v) is 7.28. The number of rotatable bonds is 8. The summed E-state index contributed by atoms with van der Waals surface area (Å²) in [5.41, 5.74) is 1.75. The lowest BCUT2D eigenvalue weighted by Gasteiger charge is -2.23. The van der Waals surface area contributed by atoms with Crippen molar-refractivity contribution in [1.29, 1.82) is 0 Å². The molecule has 2 heterocycles. The standard InChI is InChI=1S/C18H22N4O4.C2HF3O2/c23-15(19-9-5-1-2-8-16(24)25)10-12-11-22-14-7-4-3-6-13(14)20-18(22)21-17(12)26;3-2(4,5)1(6)7/h3-4,6-7,12H,1-2,5,8-11H2,(H,19,23)(H,24,25)(H,20,21,26);(H,6,7). The summed E-state index contributed by atoms with van der Waals surface area (Å²) in [5, 5.41) is 21.3. The van der Waals surface area contributed by atoms with E-state index in [9.17, 15) is 27.6 Å². The molecule has 0 bridgehead atoms. The number of carbonyl (C=O) groups is 4. The van der Waals surface area contributed by atoms with E-state index >= 15 is 0 Å². The van der Waals surface area contributed by atoms with Crippen LogP contribution in [-0.4, -0.2) is 56.2 Å². The largest absolute Gasteiger partial charge is 0.490 e. The Morgan fingerprint density at radius 3 is 2.45 bits per heavy atom. The lowest BCUT2D eigenvalue weighted by molar-refractivity contribution is -0.192. The number of imidazole rings is 1. The van der Waals surface area contributed by atoms with Gasteiger partial charge in [0.2, 0.25) is 17.8 Å². The summed E-state index contributed by atoms with van der Waals surface area (Å²) < 4.78 is 33.7. The summed E-state index contributed by atoms with van der Waals surface area (Å²) in [6.45, 7) is 0.916. The van der Waals surface area contributed by atoms with Crippen molar-refractivity contribution in [2.75, 3.05) is 11.9 Å². The Hall–Kier alpha value is -3.64. The van der Waals surface area contributed by atoms with Crippen LogP contribution in [0.25, 0.3) is 11.0 Å². The number of amides is 2. The van der Waals surface area contributed by atoms with Crippen LogP contribution >= 0.6 is 0 Å². The van der Waals surface area contributed by atoms with E-state index in [0.717, 1.165) is 23.9 Å². The van der Waals surface area contributed by atoms with Crippen molar-refractivity contribution in [3.63, 3.8) is 0 Å². The Morgan fingerprint density at radius 2 is 1.82 bits per heavy atom. The summed E-state index contributed by atoms with van der Waals surface area (Å²) in [7, 11) is 0. The van der Waals surface area contributed by atoms with Crippen LogP contribution in [0.3, 0.4) is 0 Å². The number of carboxylic acids is 2. The third-order valence-electron chi connectivity index (χ3n) is 4.73. The van der Waals surface area contributed by atoms with Crippen molar-refractivity contribution < 1.29 is 42.6 Å². The smallest absolute Gasteiger partial charge is 0.481 e. The minimum absolute atomic E-state index is 0.118. The van der Waals surface area contributed by atoms with Gasteiger partial charge in [0.1, 0.15) is 0 Å². The molecule has 3 rings (SSSR count). The second-order valence-electron chi connectivity index (χ2n) is 7.28. The predicted octanol–water partition coefficient (Wildman–Crippen LogP) is 2.39. The van der Waals surface area contributed by atoms with Gasteiger partial charge in [-0.05, 0) is 25.0 Å². The number of anilines is 1. The maximum atomic E-state index is 12.2. The first-order valence-corrected chi connectivity index (χ1v) is 10.0. The zero-order chi connectivity index (χ0) is 24.6. The molecule has 2 amide bonds. The van der Waals surface area contributed by atoms with Gasteiger partial charge in [-0.15, -0.1) is 0 Å². The van der Waals surface area contributed by atoms with Crippen LogP contribution < -0.4 is 10.6 Å². The van der Waals surface area contributed by atoms with Crippen LogP contribution in [-0.2, 0) is 25.7 Å². The number of carboxylic acid groups (broad SMARTS) is 2. The van der Waals surface area contributed by atoms with E-state index in [1.165, 1.54) is 0 Å². The molecule has 1 unspecified atom stereocenters. The molecule has 0 saturated carbocycles. The van der Waals surface area contributed by atoms with Gasteiger partial charge in [0.25, 0.3) is 0 Å². The van der Waals surface area contributed by atoms with Gasteiger partial charge in [0.05, 0.1) is 17.0 Å². The molecule has 1 atom stereocenters. The van der Waals surface area contributed by atoms with Gasteiger partial charge in [-0.1, -0.05) is 18.6 Å². The molecular weight excluding hydrogens is 449 g/mol. The van der Waals surface area contributed by atoms with Gasteiger partial charge in [0, 0.05) is 25.9 Å². The van der Waals surface area contributed by atoms with E-state index in [0.29, 0.717) is 25.5 Å². The van der Waals surface area contributed by atoms with Gasteiger partial charge in [-0.25, -0.2) is 9.78 Å². The lowest BCUT2D eigenvalue weighted by atomic mass is 10.0. The topological polar surface area (TPSA) is 151 Å². The van der Waals surface area contributed by atoms with Crippen LogP contribution in [0, 0.1) is 5.92 Å². The van der Waals surface area contributed by atoms with Crippen molar-refractivity contribution >= 4 is 40.7 Å². The summed E-state index contributed by atoms with van der Waals surface area (Å²) >= 11 is 0. The van der Waals surface area contributed by atoms with Gasteiger partial charge >= 0.3 is 18.1 Å². The fourth-order valence-corrected chi connectivity index (χ4v) is 3.13. The Bertz CT molecular complexity index is 1020. The van der Waals surface area contributed by atoms with Crippen molar-refractivity contribution in [1.82, 2.24) is 14.9 Å². The molecule has 1 aliphatic rings. The summed E-state index contributed by atoms with van der Waals surface area (Å²) in [4.78, 5) is 48.1. The number of hydrogen-bond donors (Lipinski definition) is 4. The van der Waals surface area contributed by atoms with Gasteiger partial charge in [-0.2, -0.15) is 13.2 Å². The first-order chi connectivity index (χ1) is 15.5.